The van der Waals surface area contributed by atoms with Crippen LogP contribution in [0.25, 0.3) is 0 Å². The van der Waals surface area contributed by atoms with Gasteiger partial charge in [0.2, 0.25) is 0 Å². The van der Waals surface area contributed by atoms with Crippen molar-refractivity contribution in [1.29, 1.82) is 0 Å². The Balaban J connectivity index is 2.93. The number of hydrazone groups is 1. The summed E-state index contributed by atoms with van der Waals surface area (Å²) in [7, 11) is 0. The zero-order valence-corrected chi connectivity index (χ0v) is 11.8. The molecule has 1 N–H and O–H groups in total. The molecule has 1 rings (SSSR count). The summed E-state index contributed by atoms with van der Waals surface area (Å²) in [4.78, 5) is 20.2. The van der Waals surface area contributed by atoms with Gasteiger partial charge in [-0.2, -0.15) is 5.10 Å². The number of non-ortho nitro benzene ring substituents is 1. The summed E-state index contributed by atoms with van der Waals surface area (Å²) in [6, 6.07) is 3.31. The number of anilines is 1. The molecular formula is C13H16N4O4. The molecule has 0 unspecified atom stereocenters. The summed E-state index contributed by atoms with van der Waals surface area (Å²) in [6.07, 6.45) is 2.39. The van der Waals surface area contributed by atoms with Gasteiger partial charge in [-0.15, -0.1) is 0 Å². The second-order valence-electron chi connectivity index (χ2n) is 4.47. The van der Waals surface area contributed by atoms with Crippen molar-refractivity contribution in [3.05, 3.63) is 50.6 Å². The zero-order valence-electron chi connectivity index (χ0n) is 11.8. The van der Waals surface area contributed by atoms with Crippen molar-refractivity contribution in [3.8, 4) is 0 Å². The van der Waals surface area contributed by atoms with E-state index in [0.29, 0.717) is 0 Å². The van der Waals surface area contributed by atoms with Crippen molar-refractivity contribution in [2.75, 3.05) is 5.43 Å². The number of hydrogen-bond acceptors (Lipinski definition) is 6. The number of benzene rings is 1. The van der Waals surface area contributed by atoms with Gasteiger partial charge >= 0.3 is 5.69 Å². The molecular weight excluding hydrogens is 276 g/mol. The molecule has 8 nitrogen and oxygen atoms in total. The summed E-state index contributed by atoms with van der Waals surface area (Å²) >= 11 is 0. The maximum absolute atomic E-state index is 10.9. The molecule has 0 saturated heterocycles. The standard InChI is InChI=1S/C13H16N4O4/c1-4-9(2)10(3)8-14-15-12-6-5-11(16(18)19)7-13(12)17(20)21/h5-9,15H,3-4H2,1-2H3/b14-8+/t9-/m1/s1. The molecule has 0 saturated carbocycles. The summed E-state index contributed by atoms with van der Waals surface area (Å²) in [6.45, 7) is 7.84. The first kappa shape index (κ1) is 16.3. The molecule has 8 heteroatoms. The van der Waals surface area contributed by atoms with Crippen LogP contribution in [-0.2, 0) is 0 Å². The number of rotatable bonds is 7. The molecule has 0 aliphatic carbocycles. The van der Waals surface area contributed by atoms with Crippen LogP contribution in [0.1, 0.15) is 20.3 Å². The monoisotopic (exact) mass is 292 g/mol. The van der Waals surface area contributed by atoms with Gasteiger partial charge in [0.15, 0.2) is 0 Å². The van der Waals surface area contributed by atoms with E-state index in [1.54, 1.807) is 0 Å². The van der Waals surface area contributed by atoms with Gasteiger partial charge in [-0.25, -0.2) is 0 Å². The maximum atomic E-state index is 10.9. The minimum atomic E-state index is -0.700. The third kappa shape index (κ3) is 4.37. The number of nitrogens with zero attached hydrogens (tertiary/aromatic N) is 3. The lowest BCUT2D eigenvalue weighted by atomic mass is 10.0. The normalized spacial score (nSPS) is 12.1. The number of hydrogen-bond donors (Lipinski definition) is 1. The Morgan fingerprint density at radius 3 is 2.62 bits per heavy atom. The molecule has 0 heterocycles. The van der Waals surface area contributed by atoms with Gasteiger partial charge in [-0.3, -0.25) is 25.7 Å². The largest absolute Gasteiger partial charge is 0.301 e. The number of allylic oxidation sites excluding steroid dienone is 1. The average molecular weight is 292 g/mol. The fourth-order valence-electron chi connectivity index (χ4n) is 1.45. The maximum Gasteiger partial charge on any atom is 0.301 e. The molecule has 0 spiro atoms. The Morgan fingerprint density at radius 2 is 2.10 bits per heavy atom. The van der Waals surface area contributed by atoms with Crippen molar-refractivity contribution < 1.29 is 9.85 Å². The van der Waals surface area contributed by atoms with E-state index >= 15 is 0 Å². The van der Waals surface area contributed by atoms with E-state index in [0.717, 1.165) is 18.1 Å². The van der Waals surface area contributed by atoms with Crippen molar-refractivity contribution in [3.63, 3.8) is 0 Å². The molecule has 112 valence electrons. The highest BCUT2D eigenvalue weighted by molar-refractivity contribution is 5.79. The third-order valence-corrected chi connectivity index (χ3v) is 3.05. The molecule has 0 aliphatic heterocycles. The van der Waals surface area contributed by atoms with E-state index in [4.69, 9.17) is 0 Å². The van der Waals surface area contributed by atoms with Crippen LogP contribution in [0.3, 0.4) is 0 Å². The molecule has 1 aromatic carbocycles. The van der Waals surface area contributed by atoms with Gasteiger partial charge in [-0.05, 0) is 24.0 Å². The summed E-state index contributed by atoms with van der Waals surface area (Å²) in [5, 5.41) is 25.4. The van der Waals surface area contributed by atoms with E-state index in [-0.39, 0.29) is 17.3 Å². The van der Waals surface area contributed by atoms with Gasteiger partial charge in [0.1, 0.15) is 5.69 Å². The zero-order chi connectivity index (χ0) is 16.0. The fraction of sp³-hybridized carbons (Fsp3) is 0.308. The molecule has 0 radical (unpaired) electrons. The van der Waals surface area contributed by atoms with Crippen LogP contribution in [0.4, 0.5) is 17.1 Å². The van der Waals surface area contributed by atoms with Gasteiger partial charge in [0.25, 0.3) is 5.69 Å². The van der Waals surface area contributed by atoms with Crippen LogP contribution in [0.2, 0.25) is 0 Å². The van der Waals surface area contributed by atoms with Crippen LogP contribution in [-0.4, -0.2) is 16.1 Å². The van der Waals surface area contributed by atoms with Crippen LogP contribution >= 0.6 is 0 Å². The highest BCUT2D eigenvalue weighted by Crippen LogP contribution is 2.28. The second kappa shape index (κ2) is 7.13. The van der Waals surface area contributed by atoms with Gasteiger partial charge in [-0.1, -0.05) is 20.4 Å². The first-order valence-electron chi connectivity index (χ1n) is 6.27. The SMILES string of the molecule is C=C(/C=N/Nc1ccc([N+](=O)[O-])cc1[N+](=O)[O-])[C@H](C)CC. The van der Waals surface area contributed by atoms with Crippen molar-refractivity contribution in [2.45, 2.75) is 20.3 Å². The molecule has 21 heavy (non-hydrogen) atoms. The van der Waals surface area contributed by atoms with E-state index in [1.807, 2.05) is 13.8 Å². The van der Waals surface area contributed by atoms with E-state index in [9.17, 15) is 20.2 Å². The minimum absolute atomic E-state index is 0.0822. The summed E-state index contributed by atoms with van der Waals surface area (Å²) < 4.78 is 0. The lowest BCUT2D eigenvalue weighted by Gasteiger charge is -2.07. The van der Waals surface area contributed by atoms with Crippen molar-refractivity contribution in [2.24, 2.45) is 11.0 Å². The van der Waals surface area contributed by atoms with Crippen LogP contribution in [0.15, 0.2) is 35.5 Å². The molecule has 0 bridgehead atoms. The smallest absolute Gasteiger partial charge is 0.272 e. The molecule has 0 aliphatic rings. The van der Waals surface area contributed by atoms with Crippen molar-refractivity contribution >= 4 is 23.3 Å². The van der Waals surface area contributed by atoms with E-state index in [1.165, 1.54) is 18.3 Å². The number of nitrogens with one attached hydrogen (secondary N) is 1. The Kier molecular flexibility index (Phi) is 5.53. The minimum Gasteiger partial charge on any atom is -0.272 e. The third-order valence-electron chi connectivity index (χ3n) is 3.05. The predicted molar refractivity (Wildman–Crippen MR) is 80.5 cm³/mol. The van der Waals surface area contributed by atoms with Gasteiger partial charge < -0.3 is 0 Å². The summed E-state index contributed by atoms with van der Waals surface area (Å²) in [5.41, 5.74) is 2.63. The molecule has 0 fully saturated rings. The Labute approximate surface area is 121 Å². The molecule has 1 atom stereocenters. The molecule has 0 amide bonds. The fourth-order valence-corrected chi connectivity index (χ4v) is 1.45. The number of nitro groups is 2. The topological polar surface area (TPSA) is 111 Å². The average Bonchev–Trinajstić information content (AvgIpc) is 2.45. The van der Waals surface area contributed by atoms with Crippen molar-refractivity contribution in [1.82, 2.24) is 0 Å². The highest BCUT2D eigenvalue weighted by atomic mass is 16.6. The molecule has 0 aromatic heterocycles. The van der Waals surface area contributed by atoms with Gasteiger partial charge in [0.05, 0.1) is 22.1 Å². The Hall–Kier alpha value is -2.77. The van der Waals surface area contributed by atoms with Crippen LogP contribution < -0.4 is 5.43 Å². The Bertz CT molecular complexity index is 598. The first-order valence-corrected chi connectivity index (χ1v) is 6.27. The predicted octanol–water partition coefficient (Wildman–Crippen LogP) is 3.50. The molecule has 1 aromatic rings. The van der Waals surface area contributed by atoms with E-state index < -0.39 is 15.5 Å². The highest BCUT2D eigenvalue weighted by Gasteiger charge is 2.19. The Morgan fingerprint density at radius 1 is 1.43 bits per heavy atom. The summed E-state index contributed by atoms with van der Waals surface area (Å²) in [5.74, 6) is 0.252. The van der Waals surface area contributed by atoms with Crippen LogP contribution in [0, 0.1) is 26.1 Å². The lowest BCUT2D eigenvalue weighted by molar-refractivity contribution is -0.393. The quantitative estimate of drug-likeness (QED) is 0.469. The van der Waals surface area contributed by atoms with E-state index in [2.05, 4.69) is 17.1 Å². The van der Waals surface area contributed by atoms with Crippen LogP contribution in [0.5, 0.6) is 0 Å². The number of nitro benzene ring substituents is 2. The lowest BCUT2D eigenvalue weighted by Crippen LogP contribution is -2.01. The van der Waals surface area contributed by atoms with Gasteiger partial charge in [0, 0.05) is 6.07 Å². The second-order valence-corrected chi connectivity index (χ2v) is 4.47. The first-order chi connectivity index (χ1) is 9.86.